The molecule has 0 N–H and O–H groups in total. The van der Waals surface area contributed by atoms with Crippen molar-refractivity contribution in [2.75, 3.05) is 19.9 Å². The molecule has 6 atom stereocenters. The van der Waals surface area contributed by atoms with Crippen LogP contribution in [-0.4, -0.2) is 137 Å². The van der Waals surface area contributed by atoms with E-state index in [1.54, 1.807) is 0 Å². The van der Waals surface area contributed by atoms with E-state index < -0.39 is 124 Å². The van der Waals surface area contributed by atoms with Crippen LogP contribution in [0.5, 0.6) is 0 Å². The lowest BCUT2D eigenvalue weighted by Gasteiger charge is -2.40. The first kappa shape index (κ1) is 49.6. The smallest absolute Gasteiger partial charge is 0.316 e. The van der Waals surface area contributed by atoms with Crippen molar-refractivity contribution in [2.45, 2.75) is 147 Å². The van der Waals surface area contributed by atoms with Crippen molar-refractivity contribution in [1.82, 2.24) is 0 Å². The summed E-state index contributed by atoms with van der Waals surface area (Å²) in [4.78, 5) is 0. The van der Waals surface area contributed by atoms with Crippen LogP contribution in [0, 0.1) is 0 Å². The molecule has 53 heavy (non-hydrogen) atoms. The van der Waals surface area contributed by atoms with Gasteiger partial charge >= 0.3 is 25.7 Å². The molecule has 3 aliphatic heterocycles. The maximum Gasteiger partial charge on any atom is 0.316 e. The monoisotopic (exact) mass is 976 g/mol. The van der Waals surface area contributed by atoms with E-state index in [1.807, 2.05) is 0 Å². The van der Waals surface area contributed by atoms with Gasteiger partial charge in [0.1, 0.15) is 6.67 Å². The van der Waals surface area contributed by atoms with Gasteiger partial charge in [0.05, 0.1) is 14.7 Å². The van der Waals surface area contributed by atoms with Crippen LogP contribution in [0.25, 0.3) is 0 Å². The van der Waals surface area contributed by atoms with E-state index in [-0.39, 0.29) is 6.61 Å². The van der Waals surface area contributed by atoms with Gasteiger partial charge in [-0.3, -0.25) is 0 Å². The fourth-order valence-corrected chi connectivity index (χ4v) is 58.6. The van der Waals surface area contributed by atoms with Crippen molar-refractivity contribution in [2.24, 2.45) is 0 Å². The molecule has 0 saturated carbocycles. The van der Waals surface area contributed by atoms with Gasteiger partial charge < -0.3 is 54.1 Å². The summed E-state index contributed by atoms with van der Waals surface area (Å²) in [5, 5.41) is 0. The summed E-state index contributed by atoms with van der Waals surface area (Å²) in [6.07, 6.45) is 4.09. The van der Waals surface area contributed by atoms with Crippen LogP contribution in [0.4, 0.5) is 4.39 Å². The average molecular weight is 978 g/mol. The molecule has 0 aliphatic carbocycles. The molecular formula is C26H73FO13Si13. The van der Waals surface area contributed by atoms with Crippen molar-refractivity contribution in [3.63, 3.8) is 0 Å². The van der Waals surface area contributed by atoms with Crippen LogP contribution in [0.15, 0.2) is 0 Å². The normalized spacial score (nSPS) is 40.6. The second-order valence-electron chi connectivity index (χ2n) is 15.5. The number of halogens is 1. The van der Waals surface area contributed by atoms with Gasteiger partial charge in [-0.15, -0.1) is 0 Å². The molecule has 3 heterocycles. The molecule has 3 fully saturated rings. The zero-order chi connectivity index (χ0) is 39.3. The number of alkyl halides is 1. The first-order chi connectivity index (χ1) is 24.8. The Labute approximate surface area is 340 Å². The summed E-state index contributed by atoms with van der Waals surface area (Å²) in [7, 11) is -25.5. The SMILES string of the molecule is C[SiH]1O[SiH](C)O[Si](C)(CCC[Si](CCCOCCF)(CCC[Si]2(C)O[SiH](C)O[SiH](C)O[SiH](C)O2)CCC[Si]2(C)O[SiH](C)O[SiH](C)O[SiH](C)O2)O[SiH](C)O1. The molecule has 314 valence electrons. The summed E-state index contributed by atoms with van der Waals surface area (Å²) in [5.74, 6) is 0. The van der Waals surface area contributed by atoms with Gasteiger partial charge in [0.15, 0.2) is 0 Å². The lowest BCUT2D eigenvalue weighted by atomic mass is 10.5. The molecule has 27 heteroatoms. The molecule has 0 radical (unpaired) electrons. The van der Waals surface area contributed by atoms with Crippen molar-refractivity contribution < 1.29 is 58.5 Å². The molecule has 0 amide bonds. The van der Waals surface area contributed by atoms with Crippen LogP contribution in [0.2, 0.25) is 121 Å². The highest BCUT2D eigenvalue weighted by molar-refractivity contribution is 6.84. The Morgan fingerprint density at radius 1 is 0.415 bits per heavy atom. The van der Waals surface area contributed by atoms with Gasteiger partial charge in [-0.2, -0.15) is 0 Å². The Balaban J connectivity index is 1.82. The maximum absolute atomic E-state index is 13.0. The first-order valence-corrected chi connectivity index (χ1v) is 49.3. The summed E-state index contributed by atoms with van der Waals surface area (Å²) in [6.45, 7) is 25.9. The molecule has 0 bridgehead atoms. The molecule has 6 unspecified atom stereocenters. The van der Waals surface area contributed by atoms with E-state index >= 15 is 0 Å². The number of rotatable bonds is 18. The molecule has 3 rings (SSSR count). The van der Waals surface area contributed by atoms with Gasteiger partial charge in [-0.1, -0.05) is 43.4 Å². The summed E-state index contributed by atoms with van der Waals surface area (Å²) in [5.41, 5.74) is 0. The third kappa shape index (κ3) is 19.0. The van der Waals surface area contributed by atoms with Gasteiger partial charge in [0.25, 0.3) is 83.6 Å². The van der Waals surface area contributed by atoms with E-state index in [2.05, 4.69) is 78.6 Å². The molecule has 0 spiro atoms. The minimum absolute atomic E-state index is 0.158. The second kappa shape index (κ2) is 23.9. The van der Waals surface area contributed by atoms with Gasteiger partial charge in [0, 0.05) is 6.61 Å². The maximum atomic E-state index is 13.0. The van der Waals surface area contributed by atoms with Crippen molar-refractivity contribution in [1.29, 1.82) is 0 Å². The first-order valence-electron chi connectivity index (χ1n) is 20.0. The van der Waals surface area contributed by atoms with E-state index in [4.69, 9.17) is 54.1 Å². The van der Waals surface area contributed by atoms with Crippen LogP contribution in [-0.2, 0) is 54.1 Å². The fourth-order valence-electron chi connectivity index (χ4n) is 8.23. The topological polar surface area (TPSA) is 120 Å². The Hall–Kier alpha value is 2.23. The predicted octanol–water partition coefficient (Wildman–Crippen LogP) is 4.09. The number of ether oxygens (including phenoxy) is 1. The highest BCUT2D eigenvalue weighted by Gasteiger charge is 2.44. The second-order valence-corrected chi connectivity index (χ2v) is 51.2. The van der Waals surface area contributed by atoms with E-state index in [0.29, 0.717) is 6.61 Å². The quantitative estimate of drug-likeness (QED) is 0.145. The lowest BCUT2D eigenvalue weighted by Crippen LogP contribution is -2.53. The van der Waals surface area contributed by atoms with Crippen LogP contribution >= 0.6 is 0 Å². The Bertz CT molecular complexity index is 904. The third-order valence-electron chi connectivity index (χ3n) is 10.0. The summed E-state index contributed by atoms with van der Waals surface area (Å²) < 4.78 is 96.3. The highest BCUT2D eigenvalue weighted by Crippen LogP contribution is 2.38. The molecule has 13 nitrogen and oxygen atoms in total. The van der Waals surface area contributed by atoms with Gasteiger partial charge in [-0.05, 0) is 103 Å². The Morgan fingerprint density at radius 2 is 0.679 bits per heavy atom. The summed E-state index contributed by atoms with van der Waals surface area (Å²) in [6, 6.07) is 7.43. The lowest BCUT2D eigenvalue weighted by molar-refractivity contribution is 0.119. The van der Waals surface area contributed by atoms with Crippen molar-refractivity contribution in [3.8, 4) is 0 Å². The van der Waals surface area contributed by atoms with Crippen LogP contribution < -0.4 is 0 Å². The van der Waals surface area contributed by atoms with E-state index in [0.717, 1.165) is 49.9 Å². The summed E-state index contributed by atoms with van der Waals surface area (Å²) >= 11 is 0. The molecule has 0 aromatic carbocycles. The van der Waals surface area contributed by atoms with Crippen LogP contribution in [0.1, 0.15) is 25.7 Å². The highest BCUT2D eigenvalue weighted by atomic mass is 28.5. The van der Waals surface area contributed by atoms with Crippen molar-refractivity contribution >= 4 is 117 Å². The third-order valence-corrected chi connectivity index (χ3v) is 57.8. The molecule has 3 saturated heterocycles. The fraction of sp³-hybridized carbons (Fsp3) is 1.00. The zero-order valence-electron chi connectivity index (χ0n) is 34.8. The average Bonchev–Trinajstić information content (AvgIpc) is 2.97. The molecular weight excluding hydrogens is 904 g/mol. The number of hydrogen-bond donors (Lipinski definition) is 0. The zero-order valence-corrected chi connectivity index (χ0v) is 49.2. The molecule has 0 aromatic heterocycles. The van der Waals surface area contributed by atoms with Gasteiger partial charge in [0.2, 0.25) is 0 Å². The standard InChI is InChI=1S/C26H73FO13Si13/c1-41-29-44(4)35-50(10,36-45(5)30-41)20-14-24-53(23-13-18-28-19-17-27,25-15-21-51(11)37-46(6)31-42(2)32-47(7)38-51)26-16-22-52(12)39-48(8)33-43(3)34-49(9)40-52/h41-49H,13-26H2,1-12H3. The predicted molar refractivity (Wildman–Crippen MR) is 240 cm³/mol. The van der Waals surface area contributed by atoms with Crippen molar-refractivity contribution in [3.05, 3.63) is 0 Å². The van der Waals surface area contributed by atoms with E-state index in [9.17, 15) is 4.39 Å². The number of hydrogen-bond acceptors (Lipinski definition) is 13. The molecule has 3 aliphatic rings. The van der Waals surface area contributed by atoms with Crippen LogP contribution in [0.3, 0.4) is 0 Å². The Morgan fingerprint density at radius 3 is 0.943 bits per heavy atom. The molecule has 0 aromatic rings. The van der Waals surface area contributed by atoms with E-state index in [1.165, 1.54) is 18.1 Å². The largest absolute Gasteiger partial charge is 0.420 e. The minimum atomic E-state index is -2.47. The Kier molecular flexibility index (Phi) is 22.3. The minimum Gasteiger partial charge on any atom is -0.420 e. The van der Waals surface area contributed by atoms with Gasteiger partial charge in [-0.25, -0.2) is 4.39 Å².